The quantitative estimate of drug-likeness (QED) is 0.536. The summed E-state index contributed by atoms with van der Waals surface area (Å²) in [6.07, 6.45) is 0. The van der Waals surface area contributed by atoms with Gasteiger partial charge in [0.25, 0.3) is 5.91 Å². The van der Waals surface area contributed by atoms with Crippen LogP contribution in [0.2, 0.25) is 0 Å². The van der Waals surface area contributed by atoms with Crippen molar-refractivity contribution in [1.29, 1.82) is 0 Å². The number of hydrogen-bond donors (Lipinski definition) is 1. The van der Waals surface area contributed by atoms with E-state index in [-0.39, 0.29) is 34.8 Å². The molecule has 0 aliphatic heterocycles. The summed E-state index contributed by atoms with van der Waals surface area (Å²) >= 11 is 0. The van der Waals surface area contributed by atoms with Crippen molar-refractivity contribution >= 4 is 11.9 Å². The molecule has 0 spiro atoms. The SMILES string of the molecule is COc1cc(F)c(F)cc1-c1ccc(OCc2cccc(C(=O)N(C)CC(=O)O)c2)cc1F. The minimum atomic E-state index is -1.13. The smallest absolute Gasteiger partial charge is 0.323 e. The van der Waals surface area contributed by atoms with E-state index < -0.39 is 35.9 Å². The van der Waals surface area contributed by atoms with Crippen LogP contribution in [0.15, 0.2) is 54.6 Å². The molecule has 3 aromatic carbocycles. The molecule has 6 nitrogen and oxygen atoms in total. The number of rotatable bonds is 8. The Labute approximate surface area is 187 Å². The van der Waals surface area contributed by atoms with Gasteiger partial charge in [0.1, 0.15) is 30.5 Å². The number of nitrogens with zero attached hydrogens (tertiary/aromatic N) is 1. The van der Waals surface area contributed by atoms with E-state index in [0.29, 0.717) is 5.56 Å². The fourth-order valence-electron chi connectivity index (χ4n) is 3.17. The molecule has 3 rings (SSSR count). The molecule has 0 atom stereocenters. The molecule has 33 heavy (non-hydrogen) atoms. The van der Waals surface area contributed by atoms with Crippen LogP contribution in [0.25, 0.3) is 11.1 Å². The second-order valence-corrected chi connectivity index (χ2v) is 7.15. The average Bonchev–Trinajstić information content (AvgIpc) is 2.78. The van der Waals surface area contributed by atoms with Gasteiger partial charge < -0.3 is 19.5 Å². The van der Waals surface area contributed by atoms with Crippen LogP contribution < -0.4 is 9.47 Å². The number of halogens is 3. The molecule has 0 fully saturated rings. The zero-order chi connectivity index (χ0) is 24.1. The first-order chi connectivity index (χ1) is 15.7. The Morgan fingerprint density at radius 3 is 2.33 bits per heavy atom. The molecule has 3 aromatic rings. The number of carboxylic acids is 1. The average molecular weight is 459 g/mol. The number of carbonyl (C=O) groups excluding carboxylic acids is 1. The van der Waals surface area contributed by atoms with Crippen molar-refractivity contribution < 1.29 is 37.3 Å². The second-order valence-electron chi connectivity index (χ2n) is 7.15. The second kappa shape index (κ2) is 10.1. The molecule has 0 unspecified atom stereocenters. The summed E-state index contributed by atoms with van der Waals surface area (Å²) in [6.45, 7) is -0.426. The zero-order valence-electron chi connectivity index (χ0n) is 17.8. The fourth-order valence-corrected chi connectivity index (χ4v) is 3.17. The van der Waals surface area contributed by atoms with Crippen molar-refractivity contribution in [3.05, 3.63) is 83.2 Å². The van der Waals surface area contributed by atoms with Gasteiger partial charge in [-0.05, 0) is 35.9 Å². The Morgan fingerprint density at radius 2 is 1.67 bits per heavy atom. The highest BCUT2D eigenvalue weighted by Gasteiger charge is 2.17. The van der Waals surface area contributed by atoms with Gasteiger partial charge in [-0.3, -0.25) is 9.59 Å². The molecule has 0 aliphatic carbocycles. The Bertz CT molecular complexity index is 1200. The maximum Gasteiger partial charge on any atom is 0.323 e. The lowest BCUT2D eigenvalue weighted by atomic mass is 10.0. The number of aliphatic carboxylic acids is 1. The van der Waals surface area contributed by atoms with Crippen molar-refractivity contribution in [2.75, 3.05) is 20.7 Å². The minimum absolute atomic E-state index is 0.00663. The van der Waals surface area contributed by atoms with Gasteiger partial charge in [0, 0.05) is 35.9 Å². The van der Waals surface area contributed by atoms with E-state index in [1.165, 1.54) is 26.3 Å². The van der Waals surface area contributed by atoms with E-state index in [4.69, 9.17) is 14.6 Å². The topological polar surface area (TPSA) is 76.1 Å². The van der Waals surface area contributed by atoms with Crippen LogP contribution in [0.3, 0.4) is 0 Å². The number of amides is 1. The van der Waals surface area contributed by atoms with Crippen LogP contribution in [0.5, 0.6) is 11.5 Å². The molecule has 172 valence electrons. The van der Waals surface area contributed by atoms with Crippen LogP contribution >= 0.6 is 0 Å². The summed E-state index contributed by atoms with van der Waals surface area (Å²) in [5, 5.41) is 8.83. The van der Waals surface area contributed by atoms with Crippen LogP contribution in [0.4, 0.5) is 13.2 Å². The van der Waals surface area contributed by atoms with E-state index in [0.717, 1.165) is 23.1 Å². The standard InChI is InChI=1S/C24H20F3NO5/c1-28(12-23(29)30)24(31)15-5-3-4-14(8-15)13-33-16-6-7-17(19(25)9-16)18-10-20(26)21(27)11-22(18)32-2/h3-11H,12-13H2,1-2H3,(H,29,30). The number of methoxy groups -OCH3 is 1. The van der Waals surface area contributed by atoms with Crippen molar-refractivity contribution in [1.82, 2.24) is 4.90 Å². The van der Waals surface area contributed by atoms with Crippen LogP contribution in [-0.2, 0) is 11.4 Å². The van der Waals surface area contributed by atoms with Crippen molar-refractivity contribution in [2.45, 2.75) is 6.61 Å². The Hall–Kier alpha value is -4.01. The molecule has 1 amide bonds. The molecule has 0 aliphatic rings. The Kier molecular flexibility index (Phi) is 7.22. The highest BCUT2D eigenvalue weighted by molar-refractivity contribution is 5.95. The summed E-state index contributed by atoms with van der Waals surface area (Å²) in [7, 11) is 2.65. The van der Waals surface area contributed by atoms with Gasteiger partial charge in [-0.1, -0.05) is 12.1 Å². The van der Waals surface area contributed by atoms with Crippen LogP contribution in [0, 0.1) is 17.5 Å². The van der Waals surface area contributed by atoms with Crippen molar-refractivity contribution in [2.24, 2.45) is 0 Å². The minimum Gasteiger partial charge on any atom is -0.496 e. The molecular weight excluding hydrogens is 439 g/mol. The molecule has 0 saturated heterocycles. The Balaban J connectivity index is 1.75. The van der Waals surface area contributed by atoms with Crippen LogP contribution in [-0.4, -0.2) is 42.6 Å². The third kappa shape index (κ3) is 5.62. The summed E-state index contributed by atoms with van der Waals surface area (Å²) in [5.74, 6) is -4.39. The fraction of sp³-hybridized carbons (Fsp3) is 0.167. The third-order valence-electron chi connectivity index (χ3n) is 4.77. The predicted molar refractivity (Wildman–Crippen MR) is 114 cm³/mol. The monoisotopic (exact) mass is 459 g/mol. The van der Waals surface area contributed by atoms with E-state index in [1.807, 2.05) is 0 Å². The maximum absolute atomic E-state index is 14.7. The number of carbonyl (C=O) groups is 2. The van der Waals surface area contributed by atoms with E-state index in [2.05, 4.69) is 0 Å². The van der Waals surface area contributed by atoms with Gasteiger partial charge in [0.2, 0.25) is 0 Å². The van der Waals surface area contributed by atoms with Gasteiger partial charge in [-0.2, -0.15) is 0 Å². The molecule has 1 N–H and O–H groups in total. The van der Waals surface area contributed by atoms with Gasteiger partial charge in [0.15, 0.2) is 11.6 Å². The zero-order valence-corrected chi connectivity index (χ0v) is 17.8. The lowest BCUT2D eigenvalue weighted by Crippen LogP contribution is -2.31. The van der Waals surface area contributed by atoms with Crippen molar-refractivity contribution in [3.63, 3.8) is 0 Å². The van der Waals surface area contributed by atoms with Gasteiger partial charge >= 0.3 is 5.97 Å². The molecule has 9 heteroatoms. The lowest BCUT2D eigenvalue weighted by molar-refractivity contribution is -0.137. The van der Waals surface area contributed by atoms with E-state index >= 15 is 0 Å². The first-order valence-corrected chi connectivity index (χ1v) is 9.71. The number of likely N-dealkylation sites (N-methyl/N-ethyl adjacent to an activating group) is 1. The van der Waals surface area contributed by atoms with Crippen molar-refractivity contribution in [3.8, 4) is 22.6 Å². The van der Waals surface area contributed by atoms with Gasteiger partial charge in [-0.15, -0.1) is 0 Å². The lowest BCUT2D eigenvalue weighted by Gasteiger charge is -2.15. The molecular formula is C24H20F3NO5. The third-order valence-corrected chi connectivity index (χ3v) is 4.77. The molecule has 0 aromatic heterocycles. The molecule has 0 heterocycles. The normalized spacial score (nSPS) is 10.6. The first-order valence-electron chi connectivity index (χ1n) is 9.71. The summed E-state index contributed by atoms with van der Waals surface area (Å²) in [5.41, 5.74) is 0.951. The summed E-state index contributed by atoms with van der Waals surface area (Å²) < 4.78 is 52.5. The maximum atomic E-state index is 14.7. The number of hydrogen-bond acceptors (Lipinski definition) is 4. The van der Waals surface area contributed by atoms with E-state index in [1.54, 1.807) is 24.3 Å². The Morgan fingerprint density at radius 1 is 0.939 bits per heavy atom. The molecule has 0 saturated carbocycles. The van der Waals surface area contributed by atoms with Gasteiger partial charge in [-0.25, -0.2) is 13.2 Å². The highest BCUT2D eigenvalue weighted by Crippen LogP contribution is 2.35. The highest BCUT2D eigenvalue weighted by atomic mass is 19.2. The molecule has 0 bridgehead atoms. The number of carboxylic acid groups (broad SMARTS) is 1. The largest absolute Gasteiger partial charge is 0.496 e. The molecule has 0 radical (unpaired) electrons. The number of benzene rings is 3. The van der Waals surface area contributed by atoms with E-state index in [9.17, 15) is 22.8 Å². The summed E-state index contributed by atoms with van der Waals surface area (Å²) in [4.78, 5) is 24.2. The van der Waals surface area contributed by atoms with Gasteiger partial charge in [0.05, 0.1) is 7.11 Å². The predicted octanol–water partition coefficient (Wildman–Crippen LogP) is 4.52. The van der Waals surface area contributed by atoms with Crippen LogP contribution in [0.1, 0.15) is 15.9 Å². The first kappa shape index (κ1) is 23.6. The number of ether oxygens (including phenoxy) is 2. The summed E-state index contributed by atoms with van der Waals surface area (Å²) in [6, 6.07) is 12.1.